The lowest BCUT2D eigenvalue weighted by atomic mass is 10.0. The summed E-state index contributed by atoms with van der Waals surface area (Å²) in [5, 5.41) is 13.9. The number of aromatic nitrogens is 1. The standard InChI is InChI=1S/C14H15Cl2NO3/c1-8(2)14-9(6-19-7-18)13(17-20-14)12-10(15)4-3-5-11(12)16/h3-5,8,18H,6-7H2,1-2H3. The largest absolute Gasteiger partial charge is 0.371 e. The molecule has 1 N–H and O–H groups in total. The van der Waals surface area contributed by atoms with Crippen molar-refractivity contribution in [3.63, 3.8) is 0 Å². The van der Waals surface area contributed by atoms with Crippen molar-refractivity contribution in [2.45, 2.75) is 26.4 Å². The number of benzene rings is 1. The number of aliphatic hydroxyl groups excluding tert-OH is 1. The lowest BCUT2D eigenvalue weighted by Crippen LogP contribution is -1.99. The topological polar surface area (TPSA) is 55.5 Å². The summed E-state index contributed by atoms with van der Waals surface area (Å²) in [5.41, 5.74) is 1.92. The highest BCUT2D eigenvalue weighted by molar-refractivity contribution is 6.39. The fourth-order valence-electron chi connectivity index (χ4n) is 1.98. The Morgan fingerprint density at radius 3 is 2.50 bits per heavy atom. The molecule has 0 unspecified atom stereocenters. The molecule has 0 aliphatic carbocycles. The van der Waals surface area contributed by atoms with Crippen molar-refractivity contribution in [3.8, 4) is 11.3 Å². The highest BCUT2D eigenvalue weighted by Gasteiger charge is 2.23. The molecule has 0 atom stereocenters. The van der Waals surface area contributed by atoms with E-state index in [1.807, 2.05) is 13.8 Å². The molecule has 0 amide bonds. The van der Waals surface area contributed by atoms with Crippen LogP contribution in [-0.2, 0) is 11.3 Å². The highest BCUT2D eigenvalue weighted by Crippen LogP contribution is 2.38. The van der Waals surface area contributed by atoms with Crippen LogP contribution in [0.5, 0.6) is 0 Å². The van der Waals surface area contributed by atoms with Crippen LogP contribution >= 0.6 is 23.2 Å². The third-order valence-corrected chi connectivity index (χ3v) is 3.51. The van der Waals surface area contributed by atoms with Gasteiger partial charge in [-0.2, -0.15) is 0 Å². The van der Waals surface area contributed by atoms with E-state index < -0.39 is 0 Å². The van der Waals surface area contributed by atoms with Gasteiger partial charge >= 0.3 is 0 Å². The predicted molar refractivity (Wildman–Crippen MR) is 77.9 cm³/mol. The van der Waals surface area contributed by atoms with Gasteiger partial charge in [0.25, 0.3) is 0 Å². The van der Waals surface area contributed by atoms with Crippen LogP contribution in [-0.4, -0.2) is 17.1 Å². The van der Waals surface area contributed by atoms with Crippen LogP contribution in [0.1, 0.15) is 31.1 Å². The normalized spacial score (nSPS) is 11.3. The van der Waals surface area contributed by atoms with Gasteiger partial charge < -0.3 is 14.4 Å². The molecule has 1 aromatic heterocycles. The van der Waals surface area contributed by atoms with Crippen LogP contribution in [0.15, 0.2) is 22.7 Å². The average molecular weight is 316 g/mol. The molecule has 0 saturated heterocycles. The van der Waals surface area contributed by atoms with Gasteiger partial charge in [-0.05, 0) is 12.1 Å². The summed E-state index contributed by atoms with van der Waals surface area (Å²) in [7, 11) is 0. The van der Waals surface area contributed by atoms with Crippen molar-refractivity contribution in [2.24, 2.45) is 0 Å². The van der Waals surface area contributed by atoms with Crippen LogP contribution < -0.4 is 0 Å². The van der Waals surface area contributed by atoms with Gasteiger partial charge in [-0.3, -0.25) is 0 Å². The number of rotatable bonds is 5. The fraction of sp³-hybridized carbons (Fsp3) is 0.357. The first-order valence-corrected chi connectivity index (χ1v) is 6.93. The van der Waals surface area contributed by atoms with Crippen molar-refractivity contribution in [1.29, 1.82) is 0 Å². The average Bonchev–Trinajstić information content (AvgIpc) is 2.80. The molecular formula is C14H15Cl2NO3. The van der Waals surface area contributed by atoms with E-state index in [0.717, 1.165) is 5.56 Å². The van der Waals surface area contributed by atoms with Gasteiger partial charge in [0.2, 0.25) is 0 Å². The van der Waals surface area contributed by atoms with Crippen molar-refractivity contribution < 1.29 is 14.4 Å². The van der Waals surface area contributed by atoms with Gasteiger partial charge in [-0.15, -0.1) is 0 Å². The Labute approximate surface area is 127 Å². The summed E-state index contributed by atoms with van der Waals surface area (Å²) in [6.07, 6.45) is 0. The Hall–Kier alpha value is -1.07. The molecule has 0 aliphatic rings. The maximum absolute atomic E-state index is 8.84. The third kappa shape index (κ3) is 2.99. The van der Waals surface area contributed by atoms with Gasteiger partial charge in [-0.1, -0.05) is 48.3 Å². The fourth-order valence-corrected chi connectivity index (χ4v) is 2.56. The molecule has 2 rings (SSSR count). The van der Waals surface area contributed by atoms with E-state index in [2.05, 4.69) is 5.16 Å². The number of hydrogen-bond donors (Lipinski definition) is 1. The second-order valence-corrected chi connectivity index (χ2v) is 5.42. The minimum Gasteiger partial charge on any atom is -0.371 e. The first-order valence-electron chi connectivity index (χ1n) is 6.17. The molecule has 4 nitrogen and oxygen atoms in total. The van der Waals surface area contributed by atoms with Gasteiger partial charge in [0.05, 0.1) is 16.7 Å². The van der Waals surface area contributed by atoms with Gasteiger partial charge in [0, 0.05) is 17.0 Å². The van der Waals surface area contributed by atoms with E-state index in [9.17, 15) is 0 Å². The first kappa shape index (κ1) is 15.3. The molecule has 108 valence electrons. The summed E-state index contributed by atoms with van der Waals surface area (Å²) < 4.78 is 10.5. The number of nitrogens with zero attached hydrogens (tertiary/aromatic N) is 1. The van der Waals surface area contributed by atoms with Crippen molar-refractivity contribution in [1.82, 2.24) is 5.16 Å². The Bertz CT molecular complexity index is 576. The second-order valence-electron chi connectivity index (χ2n) is 4.60. The molecule has 0 radical (unpaired) electrons. The molecule has 0 saturated carbocycles. The minimum atomic E-state index is -0.377. The molecular weight excluding hydrogens is 301 g/mol. The van der Waals surface area contributed by atoms with Crippen LogP contribution in [0.25, 0.3) is 11.3 Å². The van der Waals surface area contributed by atoms with Crippen molar-refractivity contribution in [3.05, 3.63) is 39.6 Å². The van der Waals surface area contributed by atoms with E-state index >= 15 is 0 Å². The Morgan fingerprint density at radius 2 is 1.95 bits per heavy atom. The third-order valence-electron chi connectivity index (χ3n) is 2.88. The maximum atomic E-state index is 8.84. The minimum absolute atomic E-state index is 0.134. The van der Waals surface area contributed by atoms with Crippen LogP contribution in [0, 0.1) is 0 Å². The molecule has 2 aromatic rings. The van der Waals surface area contributed by atoms with Gasteiger partial charge in [-0.25, -0.2) is 0 Å². The summed E-state index contributed by atoms with van der Waals surface area (Å²) in [5.74, 6) is 0.833. The summed E-state index contributed by atoms with van der Waals surface area (Å²) in [4.78, 5) is 0. The van der Waals surface area contributed by atoms with Crippen LogP contribution in [0.3, 0.4) is 0 Å². The SMILES string of the molecule is CC(C)c1onc(-c2c(Cl)cccc2Cl)c1COCO. The molecule has 20 heavy (non-hydrogen) atoms. The quantitative estimate of drug-likeness (QED) is 0.838. The number of ether oxygens (including phenoxy) is 1. The Kier molecular flexibility index (Phi) is 5.05. The Morgan fingerprint density at radius 1 is 1.30 bits per heavy atom. The van der Waals surface area contributed by atoms with Gasteiger partial charge in [0.15, 0.2) is 0 Å². The lowest BCUT2D eigenvalue weighted by molar-refractivity contribution is -0.0116. The van der Waals surface area contributed by atoms with Crippen molar-refractivity contribution >= 4 is 23.2 Å². The van der Waals surface area contributed by atoms with Crippen LogP contribution in [0.2, 0.25) is 10.0 Å². The maximum Gasteiger partial charge on any atom is 0.145 e. The molecule has 0 spiro atoms. The molecule has 1 heterocycles. The molecule has 6 heteroatoms. The van der Waals surface area contributed by atoms with E-state index in [4.69, 9.17) is 37.6 Å². The Balaban J connectivity index is 2.56. The molecule has 0 fully saturated rings. The van der Waals surface area contributed by atoms with Crippen molar-refractivity contribution in [2.75, 3.05) is 6.79 Å². The van der Waals surface area contributed by atoms with E-state index in [0.29, 0.717) is 27.1 Å². The molecule has 1 aromatic carbocycles. The number of hydrogen-bond acceptors (Lipinski definition) is 4. The molecule has 0 bridgehead atoms. The monoisotopic (exact) mass is 315 g/mol. The smallest absolute Gasteiger partial charge is 0.145 e. The van der Waals surface area contributed by atoms with E-state index in [-0.39, 0.29) is 19.3 Å². The predicted octanol–water partition coefficient (Wildman–Crippen LogP) is 4.24. The molecule has 0 aliphatic heterocycles. The summed E-state index contributed by atoms with van der Waals surface area (Å²) in [6, 6.07) is 5.24. The summed E-state index contributed by atoms with van der Waals surface area (Å²) in [6.45, 7) is 3.78. The zero-order chi connectivity index (χ0) is 14.7. The highest BCUT2D eigenvalue weighted by atomic mass is 35.5. The first-order chi connectivity index (χ1) is 9.56. The summed E-state index contributed by atoms with van der Waals surface area (Å²) >= 11 is 12.4. The second kappa shape index (κ2) is 6.59. The number of aliphatic hydroxyl groups is 1. The van der Waals surface area contributed by atoms with E-state index in [1.54, 1.807) is 18.2 Å². The lowest BCUT2D eigenvalue weighted by Gasteiger charge is -2.08. The zero-order valence-corrected chi connectivity index (χ0v) is 12.7. The number of halogens is 2. The van der Waals surface area contributed by atoms with E-state index in [1.165, 1.54) is 0 Å². The van der Waals surface area contributed by atoms with Crippen LogP contribution in [0.4, 0.5) is 0 Å². The van der Waals surface area contributed by atoms with Gasteiger partial charge in [0.1, 0.15) is 18.2 Å². The zero-order valence-electron chi connectivity index (χ0n) is 11.2.